The number of carbonyl (C=O) groups is 3. The van der Waals surface area contributed by atoms with E-state index in [0.717, 1.165) is 55.3 Å². The Bertz CT molecular complexity index is 2060. The molecule has 1 aromatic heterocycles. The number of hydrogen-bond donors (Lipinski definition) is 5. The summed E-state index contributed by atoms with van der Waals surface area (Å²) in [4.78, 5) is 52.3. The molecule has 55 heavy (non-hydrogen) atoms. The predicted molar refractivity (Wildman–Crippen MR) is 202 cm³/mol. The monoisotopic (exact) mass is 764 g/mol. The van der Waals surface area contributed by atoms with Crippen molar-refractivity contribution in [3.8, 4) is 16.9 Å². The van der Waals surface area contributed by atoms with Gasteiger partial charge in [0.2, 0.25) is 5.91 Å². The molecule has 0 bridgehead atoms. The van der Waals surface area contributed by atoms with E-state index in [1.807, 2.05) is 19.1 Å². The van der Waals surface area contributed by atoms with E-state index in [-0.39, 0.29) is 35.0 Å². The highest BCUT2D eigenvalue weighted by Crippen LogP contribution is 2.40. The maximum Gasteiger partial charge on any atom is 0.573 e. The normalized spacial score (nSPS) is 20.6. The molecule has 3 aliphatic rings. The largest absolute Gasteiger partial charge is 0.573 e. The number of hydrogen-bond acceptors (Lipinski definition) is 7. The van der Waals surface area contributed by atoms with Gasteiger partial charge in [0.05, 0.1) is 17.1 Å². The molecular formula is C39H47F3N8O5. The molecule has 0 saturated carbocycles. The Morgan fingerprint density at radius 3 is 2.44 bits per heavy atom. The van der Waals surface area contributed by atoms with Crippen LogP contribution in [-0.4, -0.2) is 112 Å². The van der Waals surface area contributed by atoms with Crippen LogP contribution in [0.15, 0.2) is 48.5 Å². The summed E-state index contributed by atoms with van der Waals surface area (Å²) in [5.74, 6) is -0.284. The van der Waals surface area contributed by atoms with Crippen LogP contribution in [-0.2, 0) is 4.79 Å². The lowest BCUT2D eigenvalue weighted by Crippen LogP contribution is -2.54. The number of benzene rings is 3. The Kier molecular flexibility index (Phi) is 10.8. The molecule has 4 amide bonds. The second-order valence-corrected chi connectivity index (χ2v) is 15.2. The van der Waals surface area contributed by atoms with E-state index < -0.39 is 30.3 Å². The average Bonchev–Trinajstić information content (AvgIpc) is 3.77. The number of imidazole rings is 1. The Morgan fingerprint density at radius 1 is 1.00 bits per heavy atom. The van der Waals surface area contributed by atoms with Gasteiger partial charge in [-0.25, -0.2) is 14.6 Å². The molecule has 3 fully saturated rings. The number of piperidine rings is 1. The van der Waals surface area contributed by atoms with Crippen LogP contribution in [0.5, 0.6) is 5.75 Å². The van der Waals surface area contributed by atoms with Crippen LogP contribution in [0.4, 0.5) is 28.4 Å². The number of nitrogens with one attached hydrogen (secondary N) is 4. The van der Waals surface area contributed by atoms with Crippen molar-refractivity contribution >= 4 is 45.5 Å². The van der Waals surface area contributed by atoms with Crippen molar-refractivity contribution in [2.24, 2.45) is 11.8 Å². The Balaban J connectivity index is 1.11. The highest BCUT2D eigenvalue weighted by Gasteiger charge is 2.40. The summed E-state index contributed by atoms with van der Waals surface area (Å²) < 4.78 is 45.7. The van der Waals surface area contributed by atoms with Crippen molar-refractivity contribution < 1.29 is 37.4 Å². The van der Waals surface area contributed by atoms with Gasteiger partial charge in [-0.05, 0) is 79.4 Å². The third-order valence-corrected chi connectivity index (χ3v) is 11.0. The topological polar surface area (TPSA) is 155 Å². The maximum absolute atomic E-state index is 13.7. The summed E-state index contributed by atoms with van der Waals surface area (Å²) in [7, 11) is 0. The number of carbonyl (C=O) groups excluding carboxylic acids is 2. The number of aromatic amines is 1. The van der Waals surface area contributed by atoms with Crippen LogP contribution in [0.2, 0.25) is 0 Å². The van der Waals surface area contributed by atoms with Crippen molar-refractivity contribution in [2.75, 3.05) is 51.1 Å². The predicted octanol–water partition coefficient (Wildman–Crippen LogP) is 6.38. The molecule has 16 heteroatoms. The Labute approximate surface area is 316 Å². The number of ether oxygens (including phenoxy) is 1. The van der Waals surface area contributed by atoms with Gasteiger partial charge >= 0.3 is 18.5 Å². The van der Waals surface area contributed by atoms with Gasteiger partial charge in [0.1, 0.15) is 17.6 Å². The fraction of sp³-hybridized carbons (Fsp3) is 0.487. The zero-order valence-corrected chi connectivity index (χ0v) is 31.1. The van der Waals surface area contributed by atoms with E-state index >= 15 is 0 Å². The van der Waals surface area contributed by atoms with Crippen molar-refractivity contribution in [3.05, 3.63) is 54.4 Å². The number of carboxylic acid groups (broad SMARTS) is 1. The quantitative estimate of drug-likeness (QED) is 0.138. The lowest BCUT2D eigenvalue weighted by atomic mass is 9.99. The average molecular weight is 765 g/mol. The molecule has 294 valence electrons. The molecule has 0 radical (unpaired) electrons. The van der Waals surface area contributed by atoms with Gasteiger partial charge < -0.3 is 40.6 Å². The van der Waals surface area contributed by atoms with Gasteiger partial charge in [0, 0.05) is 61.5 Å². The maximum atomic E-state index is 13.7. The number of likely N-dealkylation sites (tertiary alicyclic amines) is 1. The number of nitrogens with zero attached hydrogens (tertiary/aromatic N) is 4. The van der Waals surface area contributed by atoms with Gasteiger partial charge in [-0.3, -0.25) is 9.69 Å². The third kappa shape index (κ3) is 8.44. The smallest absolute Gasteiger partial charge is 0.465 e. The standard InChI is InChI=1S/C39H47F3N8O5/c1-22(2)33(47-38(53)54)36(51)50-21-23(3)18-31(50)35-45-30-9-5-25-19-24(4-7-29(25)34(30)46-35)28-8-6-26(20-32(28)55-39(40,41)42)44-37(52)49-16-14-48(15-17-49)27-10-12-43-13-11-27/h4-9,19-20,22-23,27,31,33,43,47H,10-18,21H2,1-3H3,(H,44,52)(H,45,46)(H,53,54)/t23-,31-,33-/m0/s1. The lowest BCUT2D eigenvalue weighted by Gasteiger charge is -2.40. The zero-order chi connectivity index (χ0) is 39.0. The minimum Gasteiger partial charge on any atom is -0.465 e. The van der Waals surface area contributed by atoms with Gasteiger partial charge in [0.25, 0.3) is 0 Å². The molecule has 3 atom stereocenters. The van der Waals surface area contributed by atoms with Crippen LogP contribution >= 0.6 is 0 Å². The number of fused-ring (bicyclic) bond motifs is 3. The third-order valence-electron chi connectivity index (χ3n) is 11.0. The molecular weight excluding hydrogens is 717 g/mol. The number of urea groups is 1. The molecule has 13 nitrogen and oxygen atoms in total. The summed E-state index contributed by atoms with van der Waals surface area (Å²) in [6.45, 7) is 10.6. The number of aromatic nitrogens is 2. The number of anilines is 1. The summed E-state index contributed by atoms with van der Waals surface area (Å²) in [6, 6.07) is 12.0. The number of amides is 4. The lowest BCUT2D eigenvalue weighted by molar-refractivity contribution is -0.274. The molecule has 4 heterocycles. The van der Waals surface area contributed by atoms with Crippen molar-refractivity contribution in [2.45, 2.75) is 64.5 Å². The summed E-state index contributed by atoms with van der Waals surface area (Å²) in [5, 5.41) is 19.3. The molecule has 0 spiro atoms. The fourth-order valence-corrected chi connectivity index (χ4v) is 8.23. The Hall–Kier alpha value is -5.09. The first kappa shape index (κ1) is 38.2. The molecule has 7 rings (SSSR count). The highest BCUT2D eigenvalue weighted by molar-refractivity contribution is 6.05. The number of rotatable bonds is 8. The molecule has 3 saturated heterocycles. The SMILES string of the molecule is CC(C)[C@H](NC(=O)O)C(=O)N1C[C@@H](C)C[C@H]1c1nc2c(ccc3cc(-c4ccc(NC(=O)N5CCN(C6CCNCC6)CC5)cc4OC(F)(F)F)ccc32)[nH]1. The van der Waals surface area contributed by atoms with Crippen molar-refractivity contribution in [3.63, 3.8) is 0 Å². The van der Waals surface area contributed by atoms with E-state index in [4.69, 9.17) is 4.98 Å². The summed E-state index contributed by atoms with van der Waals surface area (Å²) in [6.07, 6.45) is -3.45. The second-order valence-electron chi connectivity index (χ2n) is 15.2. The van der Waals surface area contributed by atoms with Crippen LogP contribution < -0.4 is 20.7 Å². The number of halogens is 3. The zero-order valence-electron chi connectivity index (χ0n) is 31.1. The van der Waals surface area contributed by atoms with E-state index in [9.17, 15) is 32.7 Å². The fourth-order valence-electron chi connectivity index (χ4n) is 8.23. The van der Waals surface area contributed by atoms with E-state index in [2.05, 4.69) is 30.6 Å². The first-order chi connectivity index (χ1) is 26.2. The number of alkyl halides is 3. The van der Waals surface area contributed by atoms with Crippen LogP contribution in [0.3, 0.4) is 0 Å². The molecule has 0 unspecified atom stereocenters. The molecule has 4 aromatic rings. The van der Waals surface area contributed by atoms with Gasteiger partial charge in [-0.2, -0.15) is 0 Å². The van der Waals surface area contributed by atoms with E-state index in [1.165, 1.54) is 12.1 Å². The molecule has 3 aromatic carbocycles. The summed E-state index contributed by atoms with van der Waals surface area (Å²) >= 11 is 0. The van der Waals surface area contributed by atoms with E-state index in [0.29, 0.717) is 49.0 Å². The van der Waals surface area contributed by atoms with E-state index in [1.54, 1.807) is 47.9 Å². The highest BCUT2D eigenvalue weighted by atomic mass is 19.4. The van der Waals surface area contributed by atoms with Crippen LogP contribution in [0.25, 0.3) is 32.9 Å². The Morgan fingerprint density at radius 2 is 1.75 bits per heavy atom. The van der Waals surface area contributed by atoms with Crippen molar-refractivity contribution in [1.82, 2.24) is 35.3 Å². The van der Waals surface area contributed by atoms with Gasteiger partial charge in [0.15, 0.2) is 0 Å². The molecule has 0 aliphatic carbocycles. The first-order valence-electron chi connectivity index (χ1n) is 18.9. The van der Waals surface area contributed by atoms with Gasteiger partial charge in [-0.1, -0.05) is 39.0 Å². The van der Waals surface area contributed by atoms with Gasteiger partial charge in [-0.15, -0.1) is 13.2 Å². The molecule has 5 N–H and O–H groups in total. The van der Waals surface area contributed by atoms with Crippen molar-refractivity contribution in [1.29, 1.82) is 0 Å². The first-order valence-corrected chi connectivity index (χ1v) is 18.9. The minimum absolute atomic E-state index is 0.159. The minimum atomic E-state index is -4.97. The summed E-state index contributed by atoms with van der Waals surface area (Å²) in [5.41, 5.74) is 2.21. The molecule has 3 aliphatic heterocycles. The second kappa shape index (κ2) is 15.6. The van der Waals surface area contributed by atoms with Crippen LogP contribution in [0.1, 0.15) is 51.9 Å². The number of piperazine rings is 1. The van der Waals surface area contributed by atoms with Crippen LogP contribution in [0, 0.1) is 11.8 Å². The number of H-pyrrole nitrogens is 1.